The predicted octanol–water partition coefficient (Wildman–Crippen LogP) is 4.63. The van der Waals surface area contributed by atoms with Crippen LogP contribution in [0.1, 0.15) is 5.56 Å². The standard InChI is InChI=1S/C21H20ClNO5S/c1-26-15-6-8-17(9-7-15)28-21-5-3-4-20(22)19(21)14-23-29(24,25)18-12-10-16(27-2)11-13-18/h3-13,23H,14H2,1-2H3. The van der Waals surface area contributed by atoms with Crippen molar-refractivity contribution in [2.24, 2.45) is 0 Å². The van der Waals surface area contributed by atoms with Crippen LogP contribution in [0, 0.1) is 0 Å². The molecule has 1 N–H and O–H groups in total. The van der Waals surface area contributed by atoms with Gasteiger partial charge in [-0.2, -0.15) is 0 Å². The van der Waals surface area contributed by atoms with Gasteiger partial charge in [0, 0.05) is 17.1 Å². The lowest BCUT2D eigenvalue weighted by Gasteiger charge is -2.14. The third-order valence-electron chi connectivity index (χ3n) is 4.17. The predicted molar refractivity (Wildman–Crippen MR) is 112 cm³/mol. The normalized spacial score (nSPS) is 11.1. The molecule has 0 aliphatic heterocycles. The molecule has 0 amide bonds. The van der Waals surface area contributed by atoms with Crippen molar-refractivity contribution in [3.63, 3.8) is 0 Å². The van der Waals surface area contributed by atoms with E-state index >= 15 is 0 Å². The fraction of sp³-hybridized carbons (Fsp3) is 0.143. The number of ether oxygens (including phenoxy) is 3. The maximum Gasteiger partial charge on any atom is 0.240 e. The van der Waals surface area contributed by atoms with Gasteiger partial charge in [0.1, 0.15) is 23.0 Å². The number of methoxy groups -OCH3 is 2. The molecule has 0 aromatic heterocycles. The highest BCUT2D eigenvalue weighted by molar-refractivity contribution is 7.89. The first kappa shape index (κ1) is 21.0. The van der Waals surface area contributed by atoms with Crippen LogP contribution >= 0.6 is 11.6 Å². The average Bonchev–Trinajstić information content (AvgIpc) is 2.74. The Balaban J connectivity index is 1.79. The van der Waals surface area contributed by atoms with Crippen molar-refractivity contribution in [1.29, 1.82) is 0 Å². The molecule has 0 saturated carbocycles. The van der Waals surface area contributed by atoms with E-state index in [4.69, 9.17) is 25.8 Å². The number of benzene rings is 3. The van der Waals surface area contributed by atoms with Crippen LogP contribution in [0.2, 0.25) is 5.02 Å². The molecule has 0 atom stereocenters. The highest BCUT2D eigenvalue weighted by atomic mass is 35.5. The Kier molecular flexibility index (Phi) is 6.64. The molecule has 0 bridgehead atoms. The highest BCUT2D eigenvalue weighted by Gasteiger charge is 2.17. The topological polar surface area (TPSA) is 73.9 Å². The summed E-state index contributed by atoms with van der Waals surface area (Å²) in [4.78, 5) is 0.128. The molecule has 152 valence electrons. The zero-order valence-electron chi connectivity index (χ0n) is 15.9. The van der Waals surface area contributed by atoms with Crippen LogP contribution in [-0.4, -0.2) is 22.6 Å². The van der Waals surface area contributed by atoms with Gasteiger partial charge in [-0.05, 0) is 60.7 Å². The molecule has 3 aromatic carbocycles. The second kappa shape index (κ2) is 9.17. The van der Waals surface area contributed by atoms with E-state index in [1.54, 1.807) is 61.7 Å². The van der Waals surface area contributed by atoms with E-state index in [-0.39, 0.29) is 11.4 Å². The highest BCUT2D eigenvalue weighted by Crippen LogP contribution is 2.31. The molecule has 0 aliphatic rings. The second-order valence-corrected chi connectivity index (χ2v) is 8.17. The van der Waals surface area contributed by atoms with Gasteiger partial charge in [-0.1, -0.05) is 17.7 Å². The Bertz CT molecular complexity index is 1070. The molecule has 6 nitrogen and oxygen atoms in total. The third-order valence-corrected chi connectivity index (χ3v) is 5.94. The van der Waals surface area contributed by atoms with E-state index in [1.165, 1.54) is 19.2 Å². The first-order chi connectivity index (χ1) is 13.9. The van der Waals surface area contributed by atoms with Gasteiger partial charge in [0.2, 0.25) is 10.0 Å². The molecule has 8 heteroatoms. The number of sulfonamides is 1. The molecule has 0 fully saturated rings. The van der Waals surface area contributed by atoms with E-state index < -0.39 is 10.0 Å². The largest absolute Gasteiger partial charge is 0.497 e. The first-order valence-electron chi connectivity index (χ1n) is 8.66. The van der Waals surface area contributed by atoms with Crippen molar-refractivity contribution in [3.8, 4) is 23.0 Å². The molecule has 0 aliphatic carbocycles. The molecular weight excluding hydrogens is 414 g/mol. The van der Waals surface area contributed by atoms with E-state index in [0.717, 1.165) is 0 Å². The molecule has 0 spiro atoms. The Hall–Kier alpha value is -2.74. The molecule has 0 saturated heterocycles. The number of rotatable bonds is 8. The molecule has 3 aromatic rings. The van der Waals surface area contributed by atoms with E-state index in [0.29, 0.717) is 33.6 Å². The lowest BCUT2D eigenvalue weighted by Crippen LogP contribution is -2.23. The van der Waals surface area contributed by atoms with E-state index in [2.05, 4.69) is 4.72 Å². The number of hydrogen-bond acceptors (Lipinski definition) is 5. The van der Waals surface area contributed by atoms with Gasteiger partial charge >= 0.3 is 0 Å². The summed E-state index contributed by atoms with van der Waals surface area (Å²) in [5.74, 6) is 2.31. The molecular formula is C21H20ClNO5S. The van der Waals surface area contributed by atoms with Crippen LogP contribution in [0.3, 0.4) is 0 Å². The Labute approximate surface area is 175 Å². The minimum atomic E-state index is -3.74. The lowest BCUT2D eigenvalue weighted by molar-refractivity contribution is 0.412. The monoisotopic (exact) mass is 433 g/mol. The molecule has 0 unspecified atom stereocenters. The summed E-state index contributed by atoms with van der Waals surface area (Å²) in [5.41, 5.74) is 0.530. The lowest BCUT2D eigenvalue weighted by atomic mass is 10.2. The van der Waals surface area contributed by atoms with Crippen LogP contribution in [-0.2, 0) is 16.6 Å². The van der Waals surface area contributed by atoms with Crippen molar-refractivity contribution in [2.75, 3.05) is 14.2 Å². The summed E-state index contributed by atoms with van der Waals surface area (Å²) < 4.78 is 43.9. The quantitative estimate of drug-likeness (QED) is 0.560. The van der Waals surface area contributed by atoms with E-state index in [9.17, 15) is 8.42 Å². The van der Waals surface area contributed by atoms with Gasteiger partial charge in [0.25, 0.3) is 0 Å². The van der Waals surface area contributed by atoms with Gasteiger partial charge in [0.15, 0.2) is 0 Å². The van der Waals surface area contributed by atoms with Crippen LogP contribution in [0.4, 0.5) is 0 Å². The third kappa shape index (κ3) is 5.20. The smallest absolute Gasteiger partial charge is 0.240 e. The molecule has 0 radical (unpaired) electrons. The Morgan fingerprint density at radius 2 is 1.38 bits per heavy atom. The Morgan fingerprint density at radius 1 is 0.828 bits per heavy atom. The molecule has 3 rings (SSSR count). The van der Waals surface area contributed by atoms with Gasteiger partial charge in [-0.3, -0.25) is 0 Å². The summed E-state index contributed by atoms with van der Waals surface area (Å²) >= 11 is 6.31. The number of hydrogen-bond donors (Lipinski definition) is 1. The van der Waals surface area contributed by atoms with Crippen LogP contribution in [0.5, 0.6) is 23.0 Å². The number of nitrogens with one attached hydrogen (secondary N) is 1. The molecule has 0 heterocycles. The summed E-state index contributed by atoms with van der Waals surface area (Å²) in [6, 6.07) is 18.3. The van der Waals surface area contributed by atoms with Crippen molar-refractivity contribution >= 4 is 21.6 Å². The number of halogens is 1. The maximum atomic E-state index is 12.6. The van der Waals surface area contributed by atoms with Crippen molar-refractivity contribution in [1.82, 2.24) is 4.72 Å². The average molecular weight is 434 g/mol. The SMILES string of the molecule is COc1ccc(Oc2cccc(Cl)c2CNS(=O)(=O)c2ccc(OC)cc2)cc1. The van der Waals surface area contributed by atoms with E-state index in [1.807, 2.05) is 0 Å². The van der Waals surface area contributed by atoms with Crippen LogP contribution in [0.15, 0.2) is 71.6 Å². The zero-order valence-corrected chi connectivity index (χ0v) is 17.5. The van der Waals surface area contributed by atoms with Gasteiger partial charge in [-0.15, -0.1) is 0 Å². The summed E-state index contributed by atoms with van der Waals surface area (Å²) in [7, 11) is -0.635. The second-order valence-electron chi connectivity index (χ2n) is 5.99. The minimum Gasteiger partial charge on any atom is -0.497 e. The Morgan fingerprint density at radius 3 is 1.97 bits per heavy atom. The van der Waals surface area contributed by atoms with Crippen LogP contribution < -0.4 is 18.9 Å². The van der Waals surface area contributed by atoms with Crippen LogP contribution in [0.25, 0.3) is 0 Å². The van der Waals surface area contributed by atoms with Gasteiger partial charge in [-0.25, -0.2) is 13.1 Å². The van der Waals surface area contributed by atoms with Crippen molar-refractivity contribution in [2.45, 2.75) is 11.4 Å². The fourth-order valence-electron chi connectivity index (χ4n) is 2.58. The molecule has 29 heavy (non-hydrogen) atoms. The van der Waals surface area contributed by atoms with Gasteiger partial charge < -0.3 is 14.2 Å². The minimum absolute atomic E-state index is 0.0283. The zero-order chi connectivity index (χ0) is 20.9. The summed E-state index contributed by atoms with van der Waals surface area (Å²) in [5, 5.41) is 0.397. The van der Waals surface area contributed by atoms with Crippen molar-refractivity contribution < 1.29 is 22.6 Å². The fourth-order valence-corrected chi connectivity index (χ4v) is 3.81. The van der Waals surface area contributed by atoms with Gasteiger partial charge in [0.05, 0.1) is 19.1 Å². The maximum absolute atomic E-state index is 12.6. The van der Waals surface area contributed by atoms with Crippen molar-refractivity contribution in [3.05, 3.63) is 77.3 Å². The summed E-state index contributed by atoms with van der Waals surface area (Å²) in [6.07, 6.45) is 0. The first-order valence-corrected chi connectivity index (χ1v) is 10.5. The summed E-state index contributed by atoms with van der Waals surface area (Å²) in [6.45, 7) is -0.0283.